The van der Waals surface area contributed by atoms with Gasteiger partial charge in [-0.3, -0.25) is 4.90 Å². The maximum Gasteiger partial charge on any atom is 0.141 e. The fourth-order valence-electron chi connectivity index (χ4n) is 2.21. The van der Waals surface area contributed by atoms with E-state index in [1.165, 1.54) is 0 Å². The second kappa shape index (κ2) is 6.26. The predicted molar refractivity (Wildman–Crippen MR) is 69.4 cm³/mol. The van der Waals surface area contributed by atoms with Gasteiger partial charge in [-0.1, -0.05) is 0 Å². The van der Waals surface area contributed by atoms with Gasteiger partial charge >= 0.3 is 0 Å². The van der Waals surface area contributed by atoms with Crippen LogP contribution >= 0.6 is 0 Å². The molecular weight excluding hydrogens is 230 g/mol. The molecule has 1 unspecified atom stereocenters. The maximum absolute atomic E-state index is 5.70. The zero-order chi connectivity index (χ0) is 13.0. The number of morpholine rings is 1. The molecule has 0 aliphatic carbocycles. The molecule has 1 N–H and O–H groups in total. The lowest BCUT2D eigenvalue weighted by Crippen LogP contribution is -2.44. The number of hydrogen-bond donors (Lipinski definition) is 1. The zero-order valence-corrected chi connectivity index (χ0v) is 11.5. The van der Waals surface area contributed by atoms with E-state index in [4.69, 9.17) is 4.74 Å². The highest BCUT2D eigenvalue weighted by molar-refractivity contribution is 4.86. The van der Waals surface area contributed by atoms with Gasteiger partial charge in [0, 0.05) is 25.7 Å². The molecule has 2 heterocycles. The van der Waals surface area contributed by atoms with Crippen LogP contribution in [0, 0.1) is 0 Å². The normalized spacial score (nSPS) is 20.8. The third-order valence-corrected chi connectivity index (χ3v) is 3.07. The van der Waals surface area contributed by atoms with E-state index >= 15 is 0 Å². The van der Waals surface area contributed by atoms with E-state index < -0.39 is 0 Å². The lowest BCUT2D eigenvalue weighted by atomic mass is 10.3. The summed E-state index contributed by atoms with van der Waals surface area (Å²) in [5, 5.41) is 7.59. The molecule has 0 bridgehead atoms. The summed E-state index contributed by atoms with van der Waals surface area (Å²) < 4.78 is 7.67. The summed E-state index contributed by atoms with van der Waals surface area (Å²) in [6, 6.07) is 0.350. The third-order valence-electron chi connectivity index (χ3n) is 3.07. The number of nitrogens with one attached hydrogen (secondary N) is 1. The topological polar surface area (TPSA) is 55.2 Å². The molecule has 0 radical (unpaired) electrons. The van der Waals surface area contributed by atoms with E-state index in [0.717, 1.165) is 38.6 Å². The third kappa shape index (κ3) is 3.51. The van der Waals surface area contributed by atoms with Crippen molar-refractivity contribution in [2.45, 2.75) is 32.5 Å². The molecule has 0 saturated carbocycles. The molecular formula is C12H23N5O. The number of rotatable bonds is 5. The van der Waals surface area contributed by atoms with Crippen LogP contribution in [0.5, 0.6) is 0 Å². The fourth-order valence-corrected chi connectivity index (χ4v) is 2.21. The highest BCUT2D eigenvalue weighted by Gasteiger charge is 2.17. The van der Waals surface area contributed by atoms with Crippen molar-refractivity contribution in [1.29, 1.82) is 0 Å². The van der Waals surface area contributed by atoms with Crippen molar-refractivity contribution < 1.29 is 4.74 Å². The van der Waals surface area contributed by atoms with E-state index in [2.05, 4.69) is 41.2 Å². The van der Waals surface area contributed by atoms with E-state index in [9.17, 15) is 0 Å². The molecule has 1 fully saturated rings. The summed E-state index contributed by atoms with van der Waals surface area (Å²) in [6.45, 7) is 8.65. The number of aromatic nitrogens is 3. The minimum Gasteiger partial charge on any atom is -0.374 e. The highest BCUT2D eigenvalue weighted by Crippen LogP contribution is 2.08. The Labute approximate surface area is 108 Å². The Balaban J connectivity index is 1.86. The molecule has 1 aromatic heterocycles. The smallest absolute Gasteiger partial charge is 0.141 e. The Kier molecular flexibility index (Phi) is 4.68. The summed E-state index contributed by atoms with van der Waals surface area (Å²) in [6.07, 6.45) is 1.90. The van der Waals surface area contributed by atoms with Crippen molar-refractivity contribution in [3.05, 3.63) is 12.2 Å². The lowest BCUT2D eigenvalue weighted by Gasteiger charge is -2.27. The Morgan fingerprint density at radius 1 is 1.61 bits per heavy atom. The van der Waals surface area contributed by atoms with E-state index in [-0.39, 0.29) is 6.10 Å². The maximum atomic E-state index is 5.70. The molecule has 0 aromatic carbocycles. The average molecular weight is 253 g/mol. The monoisotopic (exact) mass is 253 g/mol. The van der Waals surface area contributed by atoms with Gasteiger partial charge in [0.15, 0.2) is 0 Å². The van der Waals surface area contributed by atoms with Crippen LogP contribution in [-0.4, -0.2) is 59.1 Å². The lowest BCUT2D eigenvalue weighted by molar-refractivity contribution is 0.00826. The van der Waals surface area contributed by atoms with Crippen molar-refractivity contribution in [3.63, 3.8) is 0 Å². The van der Waals surface area contributed by atoms with Crippen LogP contribution in [0.25, 0.3) is 0 Å². The van der Waals surface area contributed by atoms with Crippen molar-refractivity contribution in [1.82, 2.24) is 25.0 Å². The predicted octanol–water partition coefficient (Wildman–Crippen LogP) is 0.279. The van der Waals surface area contributed by atoms with E-state index in [1.54, 1.807) is 6.33 Å². The average Bonchev–Trinajstić information content (AvgIpc) is 2.78. The largest absolute Gasteiger partial charge is 0.374 e. The first-order chi connectivity index (χ1) is 8.66. The standard InChI is InChI=1S/C12H23N5O/c1-10(2)17-12(14-9-15-17)8-16(3)7-11-6-13-4-5-18-11/h9-11,13H,4-8H2,1-3H3. The van der Waals surface area contributed by atoms with Gasteiger partial charge in [0.1, 0.15) is 12.2 Å². The van der Waals surface area contributed by atoms with Gasteiger partial charge in [-0.05, 0) is 20.9 Å². The van der Waals surface area contributed by atoms with Gasteiger partial charge in [0.05, 0.1) is 19.3 Å². The second-order valence-corrected chi connectivity index (χ2v) is 5.11. The Bertz CT molecular complexity index is 359. The van der Waals surface area contributed by atoms with Gasteiger partial charge in [-0.2, -0.15) is 5.10 Å². The molecule has 1 aliphatic rings. The summed E-state index contributed by atoms with van der Waals surface area (Å²) in [5.74, 6) is 1.01. The summed E-state index contributed by atoms with van der Waals surface area (Å²) in [5.41, 5.74) is 0. The Hall–Kier alpha value is -0.980. The van der Waals surface area contributed by atoms with Crippen LogP contribution < -0.4 is 5.32 Å². The van der Waals surface area contributed by atoms with Crippen LogP contribution in [0.2, 0.25) is 0 Å². The van der Waals surface area contributed by atoms with Crippen LogP contribution in [0.3, 0.4) is 0 Å². The zero-order valence-electron chi connectivity index (χ0n) is 11.5. The molecule has 6 heteroatoms. The summed E-state index contributed by atoms with van der Waals surface area (Å²) in [4.78, 5) is 6.56. The fraction of sp³-hybridized carbons (Fsp3) is 0.833. The summed E-state index contributed by atoms with van der Waals surface area (Å²) >= 11 is 0. The van der Waals surface area contributed by atoms with Crippen LogP contribution in [-0.2, 0) is 11.3 Å². The first kappa shape index (κ1) is 13.5. The van der Waals surface area contributed by atoms with Crippen LogP contribution in [0.4, 0.5) is 0 Å². The number of nitrogens with zero attached hydrogens (tertiary/aromatic N) is 4. The minimum atomic E-state index is 0.277. The molecule has 1 aliphatic heterocycles. The van der Waals surface area contributed by atoms with Gasteiger partial charge in [0.2, 0.25) is 0 Å². The minimum absolute atomic E-state index is 0.277. The molecule has 2 rings (SSSR count). The molecule has 1 atom stereocenters. The SMILES string of the molecule is CC(C)n1ncnc1CN(C)CC1CNCCO1. The molecule has 1 saturated heterocycles. The summed E-state index contributed by atoms with van der Waals surface area (Å²) in [7, 11) is 2.09. The van der Waals surface area contributed by atoms with E-state index in [0.29, 0.717) is 6.04 Å². The van der Waals surface area contributed by atoms with Gasteiger partial charge in [-0.25, -0.2) is 9.67 Å². The molecule has 102 valence electrons. The Morgan fingerprint density at radius 3 is 3.11 bits per heavy atom. The molecule has 0 amide bonds. The van der Waals surface area contributed by atoms with Crippen LogP contribution in [0.1, 0.15) is 25.7 Å². The van der Waals surface area contributed by atoms with Crippen molar-refractivity contribution in [2.24, 2.45) is 0 Å². The number of hydrogen-bond acceptors (Lipinski definition) is 5. The van der Waals surface area contributed by atoms with Crippen molar-refractivity contribution in [2.75, 3.05) is 33.3 Å². The first-order valence-corrected chi connectivity index (χ1v) is 6.56. The van der Waals surface area contributed by atoms with Crippen molar-refractivity contribution in [3.8, 4) is 0 Å². The van der Waals surface area contributed by atoms with Gasteiger partial charge < -0.3 is 10.1 Å². The Morgan fingerprint density at radius 2 is 2.44 bits per heavy atom. The number of ether oxygens (including phenoxy) is 1. The quantitative estimate of drug-likeness (QED) is 0.817. The number of likely N-dealkylation sites (N-methyl/N-ethyl adjacent to an activating group) is 1. The molecule has 1 aromatic rings. The second-order valence-electron chi connectivity index (χ2n) is 5.11. The first-order valence-electron chi connectivity index (χ1n) is 6.56. The van der Waals surface area contributed by atoms with E-state index in [1.807, 2.05) is 4.68 Å². The van der Waals surface area contributed by atoms with Crippen LogP contribution in [0.15, 0.2) is 6.33 Å². The van der Waals surface area contributed by atoms with Gasteiger partial charge in [-0.15, -0.1) is 0 Å². The molecule has 18 heavy (non-hydrogen) atoms. The molecule has 6 nitrogen and oxygen atoms in total. The highest BCUT2D eigenvalue weighted by atomic mass is 16.5. The van der Waals surface area contributed by atoms with Gasteiger partial charge in [0.25, 0.3) is 0 Å². The van der Waals surface area contributed by atoms with Crippen molar-refractivity contribution >= 4 is 0 Å². The molecule has 0 spiro atoms.